The molecule has 0 radical (unpaired) electrons. The largest absolute Gasteiger partial charge is 0.464 e. The van der Waals surface area contributed by atoms with E-state index in [1.54, 1.807) is 4.68 Å². The first kappa shape index (κ1) is 18.6. The van der Waals surface area contributed by atoms with Gasteiger partial charge in [-0.15, -0.1) is 0 Å². The maximum absolute atomic E-state index is 11.2. The zero-order chi connectivity index (χ0) is 18.7. The van der Waals surface area contributed by atoms with Crippen LogP contribution in [0, 0.1) is 11.8 Å². The molecule has 0 aromatic carbocycles. The third-order valence-corrected chi connectivity index (χ3v) is 4.95. The number of hydrogen-bond donors (Lipinski definition) is 1. The predicted octanol–water partition coefficient (Wildman–Crippen LogP) is 2.02. The zero-order valence-electron chi connectivity index (χ0n) is 15.8. The van der Waals surface area contributed by atoms with Gasteiger partial charge in [0, 0.05) is 25.5 Å². The number of aromatic nitrogens is 4. The smallest absolute Gasteiger partial charge is 0.358 e. The number of ether oxygens (including phenoxy) is 1. The highest BCUT2D eigenvalue weighted by atomic mass is 16.5. The topological polar surface area (TPSA) is 82.2 Å². The van der Waals surface area contributed by atoms with Crippen molar-refractivity contribution in [1.82, 2.24) is 19.6 Å². The molecule has 2 aliphatic carbocycles. The lowest BCUT2D eigenvalue weighted by Gasteiger charge is -1.97. The SMILES string of the molecule is COC(=O)c1cc(CC2CC2)n(C)n1.Cn1nc(CO)cc1CC1CC1. The lowest BCUT2D eigenvalue weighted by molar-refractivity contribution is 0.0593. The van der Waals surface area contributed by atoms with Crippen molar-refractivity contribution in [3.63, 3.8) is 0 Å². The van der Waals surface area contributed by atoms with Crippen LogP contribution >= 0.6 is 0 Å². The summed E-state index contributed by atoms with van der Waals surface area (Å²) in [6, 6.07) is 3.82. The van der Waals surface area contributed by atoms with Crippen LogP contribution in [-0.4, -0.2) is 37.7 Å². The van der Waals surface area contributed by atoms with E-state index in [9.17, 15) is 4.79 Å². The molecule has 4 rings (SSSR count). The molecule has 2 fully saturated rings. The molecule has 0 unspecified atom stereocenters. The first-order chi connectivity index (χ1) is 12.5. The molecule has 0 spiro atoms. The Bertz CT molecular complexity index is 757. The first-order valence-corrected chi connectivity index (χ1v) is 9.24. The standard InChI is InChI=1S/C10H14N2O2.C9H14N2O/c1-12-8(5-7-3-4-7)6-9(11-12)10(13)14-2;1-11-9(4-7-2-3-7)5-8(6-12)10-11/h6-7H,3-5H2,1-2H3;5,7,12H,2-4,6H2,1H3. The monoisotopic (exact) mass is 360 g/mol. The highest BCUT2D eigenvalue weighted by Gasteiger charge is 2.24. The van der Waals surface area contributed by atoms with Gasteiger partial charge in [0.2, 0.25) is 0 Å². The quantitative estimate of drug-likeness (QED) is 0.797. The van der Waals surface area contributed by atoms with Gasteiger partial charge in [0.05, 0.1) is 19.4 Å². The average Bonchev–Trinajstić information content (AvgIpc) is 3.54. The lowest BCUT2D eigenvalue weighted by atomic mass is 10.2. The Labute approximate surface area is 154 Å². The van der Waals surface area contributed by atoms with Crippen molar-refractivity contribution in [2.75, 3.05) is 7.11 Å². The summed E-state index contributed by atoms with van der Waals surface area (Å²) in [5.74, 6) is 1.32. The van der Waals surface area contributed by atoms with E-state index in [2.05, 4.69) is 14.9 Å². The summed E-state index contributed by atoms with van der Waals surface area (Å²) in [6.07, 6.45) is 7.49. The van der Waals surface area contributed by atoms with Gasteiger partial charge in [-0.05, 0) is 62.5 Å². The molecule has 0 saturated heterocycles. The molecule has 0 atom stereocenters. The summed E-state index contributed by atoms with van der Waals surface area (Å²) in [6.45, 7) is 0.0541. The normalized spacial score (nSPS) is 16.2. The van der Waals surface area contributed by atoms with E-state index >= 15 is 0 Å². The molecule has 0 bridgehead atoms. The Hall–Kier alpha value is -2.15. The van der Waals surface area contributed by atoms with E-state index in [1.165, 1.54) is 38.5 Å². The summed E-state index contributed by atoms with van der Waals surface area (Å²) in [7, 11) is 5.18. The van der Waals surface area contributed by atoms with Crippen molar-refractivity contribution in [1.29, 1.82) is 0 Å². The third kappa shape index (κ3) is 4.94. The summed E-state index contributed by atoms with van der Waals surface area (Å²) in [5.41, 5.74) is 3.56. The molecular formula is C19H28N4O3. The number of carbonyl (C=O) groups excluding carboxylic acids is 1. The Balaban J connectivity index is 0.000000152. The second-order valence-corrected chi connectivity index (χ2v) is 7.34. The van der Waals surface area contributed by atoms with E-state index in [0.29, 0.717) is 5.69 Å². The summed E-state index contributed by atoms with van der Waals surface area (Å²) < 4.78 is 8.26. The number of hydrogen-bond acceptors (Lipinski definition) is 5. The van der Waals surface area contributed by atoms with Crippen LogP contribution in [0.3, 0.4) is 0 Å². The van der Waals surface area contributed by atoms with Gasteiger partial charge in [-0.25, -0.2) is 4.79 Å². The van der Waals surface area contributed by atoms with Crippen molar-refractivity contribution < 1.29 is 14.6 Å². The maximum Gasteiger partial charge on any atom is 0.358 e. The van der Waals surface area contributed by atoms with Crippen molar-refractivity contribution in [3.05, 3.63) is 34.9 Å². The van der Waals surface area contributed by atoms with Gasteiger partial charge in [-0.1, -0.05) is 0 Å². The van der Waals surface area contributed by atoms with Gasteiger partial charge in [-0.2, -0.15) is 10.2 Å². The summed E-state index contributed by atoms with van der Waals surface area (Å²) in [4.78, 5) is 11.2. The van der Waals surface area contributed by atoms with Crippen LogP contribution < -0.4 is 0 Å². The van der Waals surface area contributed by atoms with Gasteiger partial charge in [-0.3, -0.25) is 9.36 Å². The zero-order valence-corrected chi connectivity index (χ0v) is 15.8. The van der Waals surface area contributed by atoms with Gasteiger partial charge < -0.3 is 9.84 Å². The predicted molar refractivity (Wildman–Crippen MR) is 96.5 cm³/mol. The fraction of sp³-hybridized carbons (Fsp3) is 0.632. The Morgan fingerprint density at radius 2 is 1.62 bits per heavy atom. The lowest BCUT2D eigenvalue weighted by Crippen LogP contribution is -2.03. The molecule has 0 amide bonds. The van der Waals surface area contributed by atoms with Crippen LogP contribution in [-0.2, 0) is 38.3 Å². The van der Waals surface area contributed by atoms with Gasteiger partial charge in [0.25, 0.3) is 0 Å². The second kappa shape index (κ2) is 8.03. The molecule has 1 N–H and O–H groups in total. The first-order valence-electron chi connectivity index (χ1n) is 9.24. The molecule has 142 valence electrons. The molecule has 2 saturated carbocycles. The average molecular weight is 360 g/mol. The molecule has 7 heteroatoms. The molecular weight excluding hydrogens is 332 g/mol. The van der Waals surface area contributed by atoms with E-state index in [1.807, 2.05) is 30.9 Å². The molecule has 7 nitrogen and oxygen atoms in total. The Kier molecular flexibility index (Phi) is 5.76. The van der Waals surface area contributed by atoms with Crippen LogP contribution in [0.2, 0.25) is 0 Å². The van der Waals surface area contributed by atoms with Crippen LogP contribution in [0.1, 0.15) is 53.3 Å². The highest BCUT2D eigenvalue weighted by Crippen LogP contribution is 2.33. The highest BCUT2D eigenvalue weighted by molar-refractivity contribution is 5.87. The van der Waals surface area contributed by atoms with E-state index in [0.717, 1.165) is 36.1 Å². The van der Waals surface area contributed by atoms with Crippen molar-refractivity contribution in [2.45, 2.75) is 45.1 Å². The van der Waals surface area contributed by atoms with Gasteiger partial charge >= 0.3 is 5.97 Å². The molecule has 26 heavy (non-hydrogen) atoms. The van der Waals surface area contributed by atoms with Crippen LogP contribution in [0.15, 0.2) is 12.1 Å². The van der Waals surface area contributed by atoms with Crippen molar-refractivity contribution in [3.8, 4) is 0 Å². The number of aryl methyl sites for hydroxylation is 2. The molecule has 2 aromatic heterocycles. The number of aliphatic hydroxyl groups is 1. The maximum atomic E-state index is 11.2. The minimum Gasteiger partial charge on any atom is -0.464 e. The van der Waals surface area contributed by atoms with E-state index in [4.69, 9.17) is 5.11 Å². The Morgan fingerprint density at radius 1 is 1.08 bits per heavy atom. The third-order valence-electron chi connectivity index (χ3n) is 4.95. The van der Waals surface area contributed by atoms with Crippen LogP contribution in [0.25, 0.3) is 0 Å². The van der Waals surface area contributed by atoms with E-state index in [-0.39, 0.29) is 12.6 Å². The van der Waals surface area contributed by atoms with Crippen LogP contribution in [0.4, 0.5) is 0 Å². The number of methoxy groups -OCH3 is 1. The number of esters is 1. The summed E-state index contributed by atoms with van der Waals surface area (Å²) >= 11 is 0. The number of rotatable bonds is 6. The number of nitrogens with zero attached hydrogens (tertiary/aromatic N) is 4. The molecule has 2 heterocycles. The molecule has 2 aromatic rings. The van der Waals surface area contributed by atoms with E-state index < -0.39 is 0 Å². The van der Waals surface area contributed by atoms with Gasteiger partial charge in [0.15, 0.2) is 5.69 Å². The van der Waals surface area contributed by atoms with Gasteiger partial charge in [0.1, 0.15) is 0 Å². The minimum atomic E-state index is -0.359. The summed E-state index contributed by atoms with van der Waals surface area (Å²) in [5, 5.41) is 17.1. The fourth-order valence-electron chi connectivity index (χ4n) is 2.98. The second-order valence-electron chi connectivity index (χ2n) is 7.34. The number of aliphatic hydroxyl groups excluding tert-OH is 1. The Morgan fingerprint density at radius 3 is 2.08 bits per heavy atom. The van der Waals surface area contributed by atoms with Crippen molar-refractivity contribution in [2.24, 2.45) is 25.9 Å². The number of carbonyl (C=O) groups is 1. The minimum absolute atomic E-state index is 0.0541. The fourth-order valence-corrected chi connectivity index (χ4v) is 2.98. The molecule has 0 aliphatic heterocycles. The van der Waals surface area contributed by atoms with Crippen molar-refractivity contribution >= 4 is 5.97 Å². The van der Waals surface area contributed by atoms with Crippen LogP contribution in [0.5, 0.6) is 0 Å². The molecule has 2 aliphatic rings.